The molecule has 0 bridgehead atoms. The van der Waals surface area contributed by atoms with Crippen molar-refractivity contribution in [1.29, 1.82) is 0 Å². The number of phenolic OH excluding ortho intramolecular Hbond substituents is 1. The van der Waals surface area contributed by atoms with Crippen LogP contribution in [0.1, 0.15) is 22.3 Å². The summed E-state index contributed by atoms with van der Waals surface area (Å²) in [5.74, 6) is -6.54. The van der Waals surface area contributed by atoms with Gasteiger partial charge >= 0.3 is 0 Å². The number of allylic oxidation sites excluding steroid dienone is 1. The highest BCUT2D eigenvalue weighted by atomic mass is 16.3. The zero-order chi connectivity index (χ0) is 27.0. The van der Waals surface area contributed by atoms with Crippen LogP contribution in [0.25, 0.3) is 11.1 Å². The molecule has 1 aromatic heterocycles. The molecule has 0 saturated heterocycles. The standard InChI is InChI=1S/C26H26N4O7/c1-30(2)20-14-8-11-7-13-12(10-3-6-16(27)29-9-10)4-5-15(31)18(13)21(32)17(11)23(34)26(14,37)24(35)19(22(20)33)25(28)36/h3-6,9,11,14,20,31,33-34,37H,7-8H2,1-2H3,(H2,27,29)(H2,28,36). The van der Waals surface area contributed by atoms with Crippen LogP contribution in [0.5, 0.6) is 5.75 Å². The number of anilines is 1. The number of primary amides is 1. The van der Waals surface area contributed by atoms with Gasteiger partial charge in [-0.15, -0.1) is 0 Å². The molecule has 1 heterocycles. The van der Waals surface area contributed by atoms with Crippen molar-refractivity contribution in [2.45, 2.75) is 24.5 Å². The Bertz CT molecular complexity index is 1440. The van der Waals surface area contributed by atoms with Crippen molar-refractivity contribution in [3.05, 3.63) is 64.3 Å². The molecular formula is C26H26N4O7. The minimum Gasteiger partial charge on any atom is -0.510 e. The van der Waals surface area contributed by atoms with Gasteiger partial charge in [0.2, 0.25) is 5.78 Å². The number of nitrogens with zero attached hydrogens (tertiary/aromatic N) is 2. The van der Waals surface area contributed by atoms with E-state index in [9.17, 15) is 34.8 Å². The lowest BCUT2D eigenvalue weighted by Crippen LogP contribution is -2.63. The molecule has 3 aliphatic carbocycles. The third-order valence-corrected chi connectivity index (χ3v) is 7.70. The second kappa shape index (κ2) is 8.15. The maximum Gasteiger partial charge on any atom is 0.255 e. The van der Waals surface area contributed by atoms with Crippen molar-refractivity contribution < 1.29 is 34.8 Å². The summed E-state index contributed by atoms with van der Waals surface area (Å²) in [6.07, 6.45) is 1.74. The number of nitrogen functional groups attached to an aromatic ring is 1. The number of aromatic nitrogens is 1. The molecule has 0 fully saturated rings. The number of hydrogen-bond donors (Lipinski definition) is 6. The average molecular weight is 507 g/mol. The summed E-state index contributed by atoms with van der Waals surface area (Å²) in [6.45, 7) is 0. The highest BCUT2D eigenvalue weighted by Gasteiger charge is 2.63. The third-order valence-electron chi connectivity index (χ3n) is 7.70. The van der Waals surface area contributed by atoms with Gasteiger partial charge in [-0.1, -0.05) is 6.07 Å². The van der Waals surface area contributed by atoms with E-state index < -0.39 is 58.0 Å². The highest BCUT2D eigenvalue weighted by molar-refractivity contribution is 6.24. The molecule has 2 aromatic rings. The SMILES string of the molecule is CN(C)C1C(O)=C(C(N)=O)C(=O)C2(O)C(O)=C3C(=O)c4c(O)ccc(-c5ccc(N)nc5)c4CC3CC12. The van der Waals surface area contributed by atoms with E-state index in [2.05, 4.69) is 4.98 Å². The van der Waals surface area contributed by atoms with Crippen LogP contribution < -0.4 is 11.5 Å². The molecule has 0 radical (unpaired) electrons. The molecule has 5 rings (SSSR count). The number of pyridine rings is 1. The van der Waals surface area contributed by atoms with Crippen LogP contribution in [-0.2, 0) is 16.0 Å². The van der Waals surface area contributed by atoms with Crippen molar-refractivity contribution in [2.24, 2.45) is 17.6 Å². The van der Waals surface area contributed by atoms with Crippen LogP contribution in [0.4, 0.5) is 5.82 Å². The summed E-state index contributed by atoms with van der Waals surface area (Å²) in [7, 11) is 3.16. The van der Waals surface area contributed by atoms with Crippen molar-refractivity contribution >= 4 is 23.3 Å². The van der Waals surface area contributed by atoms with Crippen LogP contribution in [0.3, 0.4) is 0 Å². The fraction of sp³-hybridized carbons (Fsp3) is 0.308. The second-order valence-electron chi connectivity index (χ2n) is 9.92. The van der Waals surface area contributed by atoms with Gasteiger partial charge in [0.1, 0.15) is 28.7 Å². The fourth-order valence-corrected chi connectivity index (χ4v) is 6.09. The molecule has 4 atom stereocenters. The van der Waals surface area contributed by atoms with Crippen molar-refractivity contribution in [2.75, 3.05) is 19.8 Å². The number of aliphatic hydroxyl groups is 3. The van der Waals surface area contributed by atoms with Gasteiger partial charge in [0.05, 0.1) is 11.6 Å². The van der Waals surface area contributed by atoms with E-state index in [0.29, 0.717) is 22.5 Å². The number of phenols is 1. The number of aromatic hydroxyl groups is 1. The van der Waals surface area contributed by atoms with Crippen molar-refractivity contribution in [3.63, 3.8) is 0 Å². The normalized spacial score (nSPS) is 27.2. The first-order valence-corrected chi connectivity index (χ1v) is 11.6. The third kappa shape index (κ3) is 3.27. The van der Waals surface area contributed by atoms with E-state index in [1.807, 2.05) is 0 Å². The number of aliphatic hydroxyl groups excluding tert-OH is 2. The second-order valence-corrected chi connectivity index (χ2v) is 9.92. The number of likely N-dealkylation sites (N-methyl/N-ethyl adjacent to an activating group) is 1. The summed E-state index contributed by atoms with van der Waals surface area (Å²) >= 11 is 0. The summed E-state index contributed by atoms with van der Waals surface area (Å²) in [6, 6.07) is 5.30. The summed E-state index contributed by atoms with van der Waals surface area (Å²) in [4.78, 5) is 44.7. The number of hydrogen-bond acceptors (Lipinski definition) is 10. The van der Waals surface area contributed by atoms with Crippen LogP contribution in [0.2, 0.25) is 0 Å². The van der Waals surface area contributed by atoms with Gasteiger partial charge in [-0.2, -0.15) is 0 Å². The maximum atomic E-state index is 13.7. The topological polar surface area (TPSA) is 200 Å². The van der Waals surface area contributed by atoms with E-state index in [0.717, 1.165) is 0 Å². The molecular weight excluding hydrogens is 480 g/mol. The van der Waals surface area contributed by atoms with Gasteiger partial charge in [0, 0.05) is 23.3 Å². The first-order valence-electron chi connectivity index (χ1n) is 11.6. The highest BCUT2D eigenvalue weighted by Crippen LogP contribution is 2.53. The minimum absolute atomic E-state index is 0.0147. The summed E-state index contributed by atoms with van der Waals surface area (Å²) in [5.41, 5.74) is 9.09. The van der Waals surface area contributed by atoms with Crippen LogP contribution in [0, 0.1) is 11.8 Å². The Balaban J connectivity index is 1.72. The molecule has 11 nitrogen and oxygen atoms in total. The van der Waals surface area contributed by atoms with Gasteiger partial charge in [-0.05, 0) is 62.2 Å². The Morgan fingerprint density at radius 3 is 2.43 bits per heavy atom. The smallest absolute Gasteiger partial charge is 0.255 e. The number of nitrogens with two attached hydrogens (primary N) is 2. The van der Waals surface area contributed by atoms with E-state index >= 15 is 0 Å². The molecule has 0 spiro atoms. The Hall–Kier alpha value is -4.22. The van der Waals surface area contributed by atoms with E-state index in [1.165, 1.54) is 11.0 Å². The molecule has 0 aliphatic heterocycles. The number of carbonyl (C=O) groups is 3. The van der Waals surface area contributed by atoms with Crippen LogP contribution >= 0.6 is 0 Å². The van der Waals surface area contributed by atoms with E-state index in [4.69, 9.17) is 11.5 Å². The molecule has 3 aliphatic rings. The van der Waals surface area contributed by atoms with Crippen LogP contribution in [-0.4, -0.2) is 73.5 Å². The Labute approximate surface area is 211 Å². The average Bonchev–Trinajstić information content (AvgIpc) is 2.82. The van der Waals surface area contributed by atoms with Gasteiger partial charge in [-0.3, -0.25) is 19.3 Å². The Kier molecular flexibility index (Phi) is 5.39. The Morgan fingerprint density at radius 1 is 1.14 bits per heavy atom. The fourth-order valence-electron chi connectivity index (χ4n) is 6.09. The molecule has 8 N–H and O–H groups in total. The lowest BCUT2D eigenvalue weighted by Gasteiger charge is -2.50. The number of amides is 1. The number of Topliss-reactive ketones (excluding diaryl/α,β-unsaturated/α-hetero) is 2. The first kappa shape index (κ1) is 24.5. The lowest BCUT2D eigenvalue weighted by molar-refractivity contribution is -0.148. The lowest BCUT2D eigenvalue weighted by atomic mass is 9.58. The van der Waals surface area contributed by atoms with Crippen LogP contribution in [0.15, 0.2) is 53.1 Å². The number of carbonyl (C=O) groups excluding carboxylic acids is 3. The molecule has 4 unspecified atom stereocenters. The first-order chi connectivity index (χ1) is 17.4. The van der Waals surface area contributed by atoms with E-state index in [-0.39, 0.29) is 29.7 Å². The molecule has 11 heteroatoms. The summed E-state index contributed by atoms with van der Waals surface area (Å²) < 4.78 is 0. The quantitative estimate of drug-likeness (QED) is 0.323. The van der Waals surface area contributed by atoms with E-state index in [1.54, 1.807) is 38.5 Å². The van der Waals surface area contributed by atoms with Gasteiger partial charge in [-0.25, -0.2) is 4.98 Å². The number of fused-ring (bicyclic) bond motifs is 3. The monoisotopic (exact) mass is 506 g/mol. The Morgan fingerprint density at radius 2 is 1.84 bits per heavy atom. The molecule has 1 aromatic carbocycles. The molecule has 192 valence electrons. The number of rotatable bonds is 3. The zero-order valence-corrected chi connectivity index (χ0v) is 20.1. The minimum atomic E-state index is -2.67. The van der Waals surface area contributed by atoms with Crippen molar-refractivity contribution in [1.82, 2.24) is 9.88 Å². The number of ketones is 2. The largest absolute Gasteiger partial charge is 0.510 e. The molecule has 37 heavy (non-hydrogen) atoms. The maximum absolute atomic E-state index is 13.7. The molecule has 0 saturated carbocycles. The number of benzene rings is 1. The summed E-state index contributed by atoms with van der Waals surface area (Å²) in [5, 5.41) is 44.4. The van der Waals surface area contributed by atoms with Gasteiger partial charge in [0.15, 0.2) is 11.4 Å². The molecule has 1 amide bonds. The van der Waals surface area contributed by atoms with Gasteiger partial charge < -0.3 is 31.9 Å². The zero-order valence-electron chi connectivity index (χ0n) is 20.1. The van der Waals surface area contributed by atoms with Gasteiger partial charge in [0.25, 0.3) is 5.91 Å². The van der Waals surface area contributed by atoms with Crippen molar-refractivity contribution in [3.8, 4) is 16.9 Å². The predicted octanol–water partition coefficient (Wildman–Crippen LogP) is 0.765. The predicted molar refractivity (Wildman–Crippen MR) is 131 cm³/mol.